The third-order valence-corrected chi connectivity index (χ3v) is 4.84. The number of H-pyrrole nitrogens is 1. The van der Waals surface area contributed by atoms with Gasteiger partial charge in [-0.3, -0.25) is 23.9 Å². The molecule has 3 heterocycles. The van der Waals surface area contributed by atoms with Crippen molar-refractivity contribution in [3.8, 4) is 0 Å². The molecule has 3 rings (SSSR count). The molecule has 0 bridgehead atoms. The number of pyridine rings is 1. The van der Waals surface area contributed by atoms with Crippen molar-refractivity contribution in [3.05, 3.63) is 38.2 Å². The number of aromatic amines is 1. The second-order valence-corrected chi connectivity index (χ2v) is 7.32. The third-order valence-electron chi connectivity index (χ3n) is 4.84. The number of nitrogens with one attached hydrogen (secondary N) is 3. The van der Waals surface area contributed by atoms with E-state index in [1.54, 1.807) is 6.07 Å². The summed E-state index contributed by atoms with van der Waals surface area (Å²) < 4.78 is 1.38. The Hall–Kier alpha value is -2.97. The molecule has 1 fully saturated rings. The fourth-order valence-corrected chi connectivity index (χ4v) is 3.35. The van der Waals surface area contributed by atoms with Crippen molar-refractivity contribution >= 4 is 22.8 Å². The Bertz CT molecular complexity index is 1040. The SMILES string of the molecule is CCCn1c(=O)[nH]c(=O)c2c(C(=O)NC3CCCNC3=O)cc(C(C)C)nc21. The van der Waals surface area contributed by atoms with Crippen LogP contribution in [0.1, 0.15) is 62.0 Å². The van der Waals surface area contributed by atoms with Crippen LogP contribution in [-0.2, 0) is 11.3 Å². The van der Waals surface area contributed by atoms with Crippen molar-refractivity contribution < 1.29 is 9.59 Å². The first-order valence-electron chi connectivity index (χ1n) is 9.59. The van der Waals surface area contributed by atoms with Crippen molar-refractivity contribution in [1.82, 2.24) is 25.2 Å². The van der Waals surface area contributed by atoms with Gasteiger partial charge < -0.3 is 10.6 Å². The number of hydrogen-bond acceptors (Lipinski definition) is 5. The first kappa shape index (κ1) is 19.8. The van der Waals surface area contributed by atoms with E-state index in [4.69, 9.17) is 0 Å². The van der Waals surface area contributed by atoms with Gasteiger partial charge >= 0.3 is 5.69 Å². The maximum atomic E-state index is 13.0. The number of aromatic nitrogens is 3. The highest BCUT2D eigenvalue weighted by Gasteiger charge is 2.26. The van der Waals surface area contributed by atoms with Crippen LogP contribution in [-0.4, -0.2) is 38.9 Å². The second kappa shape index (κ2) is 7.95. The smallest absolute Gasteiger partial charge is 0.329 e. The maximum absolute atomic E-state index is 13.0. The van der Waals surface area contributed by atoms with Crippen LogP contribution in [0.2, 0.25) is 0 Å². The molecule has 1 atom stereocenters. The van der Waals surface area contributed by atoms with Gasteiger partial charge in [0.15, 0.2) is 5.65 Å². The fourth-order valence-electron chi connectivity index (χ4n) is 3.35. The Labute approximate surface area is 161 Å². The molecule has 0 radical (unpaired) electrons. The van der Waals surface area contributed by atoms with Crippen molar-refractivity contribution in [2.45, 2.75) is 58.5 Å². The summed E-state index contributed by atoms with van der Waals surface area (Å²) in [6, 6.07) is 0.923. The van der Waals surface area contributed by atoms with Gasteiger partial charge in [0, 0.05) is 18.8 Å². The number of piperidine rings is 1. The predicted octanol–water partition coefficient (Wildman–Crippen LogP) is 0.627. The monoisotopic (exact) mass is 387 g/mol. The number of fused-ring (bicyclic) bond motifs is 1. The quantitative estimate of drug-likeness (QED) is 0.694. The number of rotatable bonds is 5. The van der Waals surface area contributed by atoms with Gasteiger partial charge in [-0.15, -0.1) is 0 Å². The standard InChI is InChI=1S/C19H25N5O4/c1-4-8-24-15-14(18(27)23-19(24)28)11(9-13(21-15)10(2)3)16(25)22-12-6-5-7-20-17(12)26/h9-10,12H,4-8H2,1-3H3,(H,20,26)(H,22,25)(H,23,27,28). The van der Waals surface area contributed by atoms with Crippen LogP contribution in [0.3, 0.4) is 0 Å². The minimum atomic E-state index is -0.659. The Morgan fingerprint density at radius 3 is 2.75 bits per heavy atom. The Kier molecular flexibility index (Phi) is 5.62. The summed E-state index contributed by atoms with van der Waals surface area (Å²) in [7, 11) is 0. The van der Waals surface area contributed by atoms with E-state index in [1.165, 1.54) is 4.57 Å². The number of hydrogen-bond donors (Lipinski definition) is 3. The van der Waals surface area contributed by atoms with Gasteiger partial charge in [0.25, 0.3) is 11.5 Å². The fraction of sp³-hybridized carbons (Fsp3) is 0.526. The molecule has 150 valence electrons. The molecule has 2 aromatic heterocycles. The molecule has 0 aromatic carbocycles. The molecule has 1 aliphatic heterocycles. The van der Waals surface area contributed by atoms with E-state index >= 15 is 0 Å². The van der Waals surface area contributed by atoms with Crippen molar-refractivity contribution in [1.29, 1.82) is 0 Å². The summed E-state index contributed by atoms with van der Waals surface area (Å²) in [5, 5.41) is 5.50. The molecule has 9 heteroatoms. The van der Waals surface area contributed by atoms with Gasteiger partial charge in [-0.1, -0.05) is 20.8 Å². The van der Waals surface area contributed by atoms with Gasteiger partial charge in [0.2, 0.25) is 5.91 Å². The van der Waals surface area contributed by atoms with Gasteiger partial charge in [-0.05, 0) is 31.2 Å². The van der Waals surface area contributed by atoms with Crippen LogP contribution in [0.25, 0.3) is 11.0 Å². The molecule has 0 spiro atoms. The minimum Gasteiger partial charge on any atom is -0.354 e. The molecule has 2 aromatic rings. The lowest BCUT2D eigenvalue weighted by Gasteiger charge is -2.23. The molecule has 0 saturated carbocycles. The predicted molar refractivity (Wildman–Crippen MR) is 105 cm³/mol. The van der Waals surface area contributed by atoms with Crippen LogP contribution < -0.4 is 21.9 Å². The summed E-state index contributed by atoms with van der Waals surface area (Å²) in [6.45, 7) is 6.70. The van der Waals surface area contributed by atoms with Gasteiger partial charge in [-0.25, -0.2) is 9.78 Å². The number of carbonyl (C=O) groups is 2. The number of aryl methyl sites for hydroxylation is 1. The average molecular weight is 387 g/mol. The van der Waals surface area contributed by atoms with Gasteiger partial charge in [-0.2, -0.15) is 0 Å². The topological polar surface area (TPSA) is 126 Å². The molecular formula is C19H25N5O4. The van der Waals surface area contributed by atoms with Crippen LogP contribution in [0.15, 0.2) is 15.7 Å². The van der Waals surface area contributed by atoms with Crippen LogP contribution in [0, 0.1) is 0 Å². The molecule has 9 nitrogen and oxygen atoms in total. The Morgan fingerprint density at radius 1 is 1.36 bits per heavy atom. The molecular weight excluding hydrogens is 362 g/mol. The molecule has 1 aliphatic rings. The van der Waals surface area contributed by atoms with E-state index in [1.807, 2.05) is 20.8 Å². The summed E-state index contributed by atoms with van der Waals surface area (Å²) in [4.78, 5) is 56.6. The summed E-state index contributed by atoms with van der Waals surface area (Å²) >= 11 is 0. The first-order valence-corrected chi connectivity index (χ1v) is 9.59. The van der Waals surface area contributed by atoms with E-state index < -0.39 is 23.2 Å². The molecule has 1 unspecified atom stereocenters. The highest BCUT2D eigenvalue weighted by Crippen LogP contribution is 2.20. The van der Waals surface area contributed by atoms with Crippen molar-refractivity contribution in [2.75, 3.05) is 6.54 Å². The van der Waals surface area contributed by atoms with E-state index in [2.05, 4.69) is 20.6 Å². The Balaban J connectivity index is 2.18. The number of nitrogens with zero attached hydrogens (tertiary/aromatic N) is 2. The zero-order chi connectivity index (χ0) is 20.4. The van der Waals surface area contributed by atoms with Crippen LogP contribution in [0.5, 0.6) is 0 Å². The van der Waals surface area contributed by atoms with Crippen LogP contribution in [0.4, 0.5) is 0 Å². The average Bonchev–Trinajstić information content (AvgIpc) is 2.65. The van der Waals surface area contributed by atoms with Crippen LogP contribution >= 0.6 is 0 Å². The molecule has 0 aliphatic carbocycles. The first-order chi connectivity index (χ1) is 13.3. The lowest BCUT2D eigenvalue weighted by molar-refractivity contribution is -0.124. The highest BCUT2D eigenvalue weighted by atomic mass is 16.2. The third kappa shape index (κ3) is 3.69. The lowest BCUT2D eigenvalue weighted by atomic mass is 10.0. The van der Waals surface area contributed by atoms with Gasteiger partial charge in [0.05, 0.1) is 10.9 Å². The molecule has 2 amide bonds. The van der Waals surface area contributed by atoms with Crippen molar-refractivity contribution in [2.24, 2.45) is 0 Å². The normalized spacial score (nSPS) is 17.0. The summed E-state index contributed by atoms with van der Waals surface area (Å²) in [6.07, 6.45) is 1.97. The molecule has 1 saturated heterocycles. The molecule has 28 heavy (non-hydrogen) atoms. The maximum Gasteiger partial charge on any atom is 0.329 e. The lowest BCUT2D eigenvalue weighted by Crippen LogP contribution is -2.50. The zero-order valence-corrected chi connectivity index (χ0v) is 16.3. The molecule has 3 N–H and O–H groups in total. The van der Waals surface area contributed by atoms with E-state index in [9.17, 15) is 19.2 Å². The largest absolute Gasteiger partial charge is 0.354 e. The summed E-state index contributed by atoms with van der Waals surface area (Å²) in [5.41, 5.74) is -0.294. The number of carbonyl (C=O) groups excluding carboxylic acids is 2. The van der Waals surface area contributed by atoms with E-state index in [0.717, 1.165) is 6.42 Å². The Morgan fingerprint density at radius 2 is 2.11 bits per heavy atom. The minimum absolute atomic E-state index is 0.0154. The zero-order valence-electron chi connectivity index (χ0n) is 16.3. The van der Waals surface area contributed by atoms with E-state index in [0.29, 0.717) is 31.6 Å². The van der Waals surface area contributed by atoms with Gasteiger partial charge in [0.1, 0.15) is 6.04 Å². The highest BCUT2D eigenvalue weighted by molar-refractivity contribution is 6.06. The summed E-state index contributed by atoms with van der Waals surface area (Å²) in [5.74, 6) is -0.777. The van der Waals surface area contributed by atoms with E-state index in [-0.39, 0.29) is 28.4 Å². The second-order valence-electron chi connectivity index (χ2n) is 7.32. The number of amides is 2. The van der Waals surface area contributed by atoms with Crippen molar-refractivity contribution in [3.63, 3.8) is 0 Å².